The van der Waals surface area contributed by atoms with Crippen LogP contribution in [0.2, 0.25) is 0 Å². The fraction of sp³-hybridized carbons (Fsp3) is 0.722. The molecule has 1 unspecified atom stereocenters. The van der Waals surface area contributed by atoms with Gasteiger partial charge in [-0.3, -0.25) is 9.69 Å². The van der Waals surface area contributed by atoms with Crippen LogP contribution in [0.15, 0.2) is 0 Å². The first-order chi connectivity index (χ1) is 12.2. The number of amides is 1. The highest BCUT2D eigenvalue weighted by molar-refractivity contribution is 6.01. The van der Waals surface area contributed by atoms with Gasteiger partial charge in [-0.05, 0) is 38.0 Å². The zero-order chi connectivity index (χ0) is 17.2. The summed E-state index contributed by atoms with van der Waals surface area (Å²) >= 11 is 0. The molecule has 0 aromatic carbocycles. The van der Waals surface area contributed by atoms with E-state index in [0.717, 1.165) is 50.2 Å². The molecule has 1 aliphatic carbocycles. The number of rotatable bonds is 8. The molecule has 2 fully saturated rings. The smallest absolute Gasteiger partial charge is 0.320 e. The lowest BCUT2D eigenvalue weighted by molar-refractivity contribution is -0.117. The van der Waals surface area contributed by atoms with Gasteiger partial charge in [0.2, 0.25) is 5.91 Å². The normalized spacial score (nSPS) is 22.5. The first kappa shape index (κ1) is 16.6. The van der Waals surface area contributed by atoms with E-state index < -0.39 is 0 Å². The lowest BCUT2D eigenvalue weighted by Crippen LogP contribution is -2.29. The lowest BCUT2D eigenvalue weighted by atomic mass is 10.1. The molecule has 0 radical (unpaired) electrons. The van der Waals surface area contributed by atoms with E-state index >= 15 is 0 Å². The maximum absolute atomic E-state index is 12.4. The van der Waals surface area contributed by atoms with Gasteiger partial charge >= 0.3 is 6.01 Å². The number of nitrogens with zero attached hydrogens (tertiary/aromatic N) is 3. The third-order valence-electron chi connectivity index (χ3n) is 5.27. The summed E-state index contributed by atoms with van der Waals surface area (Å²) in [6.07, 6.45) is 8.39. The molecule has 1 amide bonds. The van der Waals surface area contributed by atoms with E-state index in [1.54, 1.807) is 4.90 Å². The van der Waals surface area contributed by atoms with Crippen molar-refractivity contribution in [2.75, 3.05) is 30.4 Å². The number of hydrogen-bond acceptors (Lipinski definition) is 6. The number of aromatic nitrogens is 2. The maximum Gasteiger partial charge on any atom is 0.320 e. The average Bonchev–Trinajstić information content (AvgIpc) is 3.15. The Kier molecular flexibility index (Phi) is 4.74. The first-order valence-corrected chi connectivity index (χ1v) is 9.42. The van der Waals surface area contributed by atoms with Crippen molar-refractivity contribution in [3.63, 3.8) is 0 Å². The van der Waals surface area contributed by atoms with E-state index in [2.05, 4.69) is 9.97 Å². The van der Waals surface area contributed by atoms with Crippen LogP contribution < -0.4 is 15.4 Å². The van der Waals surface area contributed by atoms with Crippen molar-refractivity contribution in [1.29, 1.82) is 0 Å². The second-order valence-electron chi connectivity index (χ2n) is 7.27. The molecule has 3 heterocycles. The minimum Gasteiger partial charge on any atom is -0.463 e. The summed E-state index contributed by atoms with van der Waals surface area (Å²) in [4.78, 5) is 22.8. The highest BCUT2D eigenvalue weighted by atomic mass is 16.5. The van der Waals surface area contributed by atoms with Gasteiger partial charge in [0.15, 0.2) is 0 Å². The predicted molar refractivity (Wildman–Crippen MR) is 93.5 cm³/mol. The number of nitrogens with two attached hydrogens (primary N) is 1. The largest absolute Gasteiger partial charge is 0.463 e. The Hall–Kier alpha value is -1.89. The molecule has 1 saturated carbocycles. The van der Waals surface area contributed by atoms with Crippen LogP contribution in [0.1, 0.15) is 50.5 Å². The van der Waals surface area contributed by atoms with Crippen LogP contribution in [0.3, 0.4) is 0 Å². The van der Waals surface area contributed by atoms with Crippen LogP contribution in [0.25, 0.3) is 0 Å². The first-order valence-electron chi connectivity index (χ1n) is 9.42. The van der Waals surface area contributed by atoms with Gasteiger partial charge in [-0.1, -0.05) is 12.8 Å². The fourth-order valence-corrected chi connectivity index (χ4v) is 3.59. The summed E-state index contributed by atoms with van der Waals surface area (Å²) in [5.74, 6) is 1.83. The molecule has 7 nitrogen and oxygen atoms in total. The minimum absolute atomic E-state index is 0.0403. The van der Waals surface area contributed by atoms with Crippen molar-refractivity contribution in [2.45, 2.75) is 57.5 Å². The van der Waals surface area contributed by atoms with Crippen LogP contribution in [0.4, 0.5) is 11.6 Å². The molecule has 1 atom stereocenters. The van der Waals surface area contributed by atoms with E-state index in [1.807, 2.05) is 0 Å². The van der Waals surface area contributed by atoms with Crippen LogP contribution >= 0.6 is 0 Å². The number of fused-ring (bicyclic) bond motifs is 1. The number of hydrogen-bond donors (Lipinski definition) is 1. The van der Waals surface area contributed by atoms with Gasteiger partial charge in [-0.2, -0.15) is 9.97 Å². The second kappa shape index (κ2) is 7.15. The number of carbonyl (C=O) groups is 1. The summed E-state index contributed by atoms with van der Waals surface area (Å²) < 4.78 is 11.3. The Bertz CT molecular complexity index is 641. The molecule has 1 aromatic rings. The minimum atomic E-state index is 0.0403. The quantitative estimate of drug-likeness (QED) is 0.775. The molecule has 25 heavy (non-hydrogen) atoms. The summed E-state index contributed by atoms with van der Waals surface area (Å²) in [5.41, 5.74) is 6.77. The topological polar surface area (TPSA) is 90.6 Å². The number of anilines is 2. The molecule has 2 aliphatic heterocycles. The van der Waals surface area contributed by atoms with E-state index in [9.17, 15) is 4.79 Å². The molecule has 1 aromatic heterocycles. The van der Waals surface area contributed by atoms with Crippen molar-refractivity contribution < 1.29 is 14.3 Å². The third-order valence-corrected chi connectivity index (χ3v) is 5.27. The second-order valence-corrected chi connectivity index (χ2v) is 7.27. The third kappa shape index (κ3) is 3.86. The number of carbonyl (C=O) groups excluding carboxylic acids is 1. The van der Waals surface area contributed by atoms with Gasteiger partial charge in [-0.15, -0.1) is 0 Å². The maximum atomic E-state index is 12.4. The summed E-state index contributed by atoms with van der Waals surface area (Å²) in [5, 5.41) is 0. The van der Waals surface area contributed by atoms with Gasteiger partial charge in [0.1, 0.15) is 11.6 Å². The van der Waals surface area contributed by atoms with Crippen LogP contribution in [0, 0.1) is 5.92 Å². The number of ether oxygens (including phenoxy) is 2. The van der Waals surface area contributed by atoms with Gasteiger partial charge in [0.05, 0.1) is 19.1 Å². The highest BCUT2D eigenvalue weighted by Gasteiger charge is 2.32. The van der Waals surface area contributed by atoms with Crippen molar-refractivity contribution in [3.8, 4) is 6.01 Å². The van der Waals surface area contributed by atoms with Gasteiger partial charge < -0.3 is 15.2 Å². The van der Waals surface area contributed by atoms with Gasteiger partial charge in [0, 0.05) is 18.7 Å². The molecular formula is C18H26N4O3. The molecule has 2 N–H and O–H groups in total. The van der Waals surface area contributed by atoms with Gasteiger partial charge in [0.25, 0.3) is 0 Å². The van der Waals surface area contributed by atoms with Crippen molar-refractivity contribution >= 4 is 17.5 Å². The van der Waals surface area contributed by atoms with Crippen LogP contribution in [-0.4, -0.2) is 41.7 Å². The van der Waals surface area contributed by atoms with E-state index in [-0.39, 0.29) is 18.3 Å². The number of nitrogen functional groups attached to an aromatic ring is 1. The SMILES string of the molecule is Nc1nc(OCCC2CC2)nc2c1CC(=O)N2CCCC1CCCO1. The highest BCUT2D eigenvalue weighted by Crippen LogP contribution is 2.34. The van der Waals surface area contributed by atoms with Crippen molar-refractivity contribution in [2.24, 2.45) is 5.92 Å². The van der Waals surface area contributed by atoms with Crippen molar-refractivity contribution in [1.82, 2.24) is 9.97 Å². The molecule has 4 rings (SSSR count). The molecule has 0 spiro atoms. The molecule has 3 aliphatic rings. The monoisotopic (exact) mass is 346 g/mol. The van der Waals surface area contributed by atoms with Crippen LogP contribution in [-0.2, 0) is 16.0 Å². The predicted octanol–water partition coefficient (Wildman–Crippen LogP) is 2.09. The molecular weight excluding hydrogens is 320 g/mol. The zero-order valence-corrected chi connectivity index (χ0v) is 14.6. The van der Waals surface area contributed by atoms with E-state index in [0.29, 0.717) is 30.9 Å². The molecule has 7 heteroatoms. The van der Waals surface area contributed by atoms with Crippen molar-refractivity contribution in [3.05, 3.63) is 5.56 Å². The standard InChI is InChI=1S/C18H26N4O3/c19-16-14-11-15(23)22(8-1-3-13-4-2-9-24-13)17(14)21-18(20-16)25-10-7-12-5-6-12/h12-13H,1-11H2,(H2,19,20,21). The average molecular weight is 346 g/mol. The van der Waals surface area contributed by atoms with Crippen LogP contribution in [0.5, 0.6) is 6.01 Å². The zero-order valence-electron chi connectivity index (χ0n) is 14.6. The lowest BCUT2D eigenvalue weighted by Gasteiger charge is -2.18. The Morgan fingerprint density at radius 1 is 1.24 bits per heavy atom. The Labute approximate surface area is 147 Å². The molecule has 1 saturated heterocycles. The summed E-state index contributed by atoms with van der Waals surface area (Å²) in [6, 6.07) is 0.288. The van der Waals surface area contributed by atoms with E-state index in [4.69, 9.17) is 15.2 Å². The summed E-state index contributed by atoms with van der Waals surface area (Å²) in [6.45, 7) is 2.11. The Morgan fingerprint density at radius 2 is 2.12 bits per heavy atom. The Balaban J connectivity index is 1.39. The van der Waals surface area contributed by atoms with E-state index in [1.165, 1.54) is 12.8 Å². The molecule has 0 bridgehead atoms. The van der Waals surface area contributed by atoms with Gasteiger partial charge in [-0.25, -0.2) is 0 Å². The fourth-order valence-electron chi connectivity index (χ4n) is 3.59. The molecule has 136 valence electrons. The Morgan fingerprint density at radius 3 is 2.88 bits per heavy atom. The summed E-state index contributed by atoms with van der Waals surface area (Å²) in [7, 11) is 0.